The number of aromatic amines is 1. The summed E-state index contributed by atoms with van der Waals surface area (Å²) < 4.78 is 0. The second-order valence-electron chi connectivity index (χ2n) is 8.52. The number of hydrogen-bond acceptors (Lipinski definition) is 8. The minimum atomic E-state index is -0.503. The van der Waals surface area contributed by atoms with Crippen molar-refractivity contribution >= 4 is 28.7 Å². The quantitative estimate of drug-likeness (QED) is 0.152. The second kappa shape index (κ2) is 9.79. The van der Waals surface area contributed by atoms with Gasteiger partial charge in [0, 0.05) is 16.8 Å². The summed E-state index contributed by atoms with van der Waals surface area (Å²) in [4.78, 5) is 12.9. The molecule has 1 aromatic heterocycles. The van der Waals surface area contributed by atoms with Gasteiger partial charge in [-0.05, 0) is 77.6 Å². The Hall–Kier alpha value is -4.86. The van der Waals surface area contributed by atoms with E-state index in [2.05, 4.69) is 36.5 Å². The number of aromatic hydroxyl groups is 1. The first-order valence-electron chi connectivity index (χ1n) is 11.5. The largest absolute Gasteiger partial charge is 0.505 e. The molecule has 0 saturated carbocycles. The maximum absolute atomic E-state index is 12.9. The summed E-state index contributed by atoms with van der Waals surface area (Å²) in [5.41, 5.74) is 8.23. The molecule has 0 radical (unpaired) electrons. The maximum Gasteiger partial charge on any atom is 0.277 e. The number of benzene rings is 3. The van der Waals surface area contributed by atoms with Crippen LogP contribution < -0.4 is 10.7 Å². The van der Waals surface area contributed by atoms with Gasteiger partial charge in [0.05, 0.1) is 11.4 Å². The van der Waals surface area contributed by atoms with E-state index in [0.29, 0.717) is 22.8 Å². The van der Waals surface area contributed by atoms with Crippen LogP contribution in [0.5, 0.6) is 5.75 Å². The molecule has 0 aliphatic heterocycles. The maximum atomic E-state index is 12.9. The van der Waals surface area contributed by atoms with Crippen LogP contribution in [0.3, 0.4) is 0 Å². The van der Waals surface area contributed by atoms with Gasteiger partial charge in [-0.3, -0.25) is 10.2 Å². The van der Waals surface area contributed by atoms with Crippen LogP contribution in [-0.4, -0.2) is 43.1 Å². The number of nitrogens with one attached hydrogen (secondary N) is 4. The van der Waals surface area contributed by atoms with Gasteiger partial charge in [-0.15, -0.1) is 5.10 Å². The van der Waals surface area contributed by atoms with Crippen molar-refractivity contribution in [3.05, 3.63) is 71.8 Å². The van der Waals surface area contributed by atoms with Crippen molar-refractivity contribution in [3.8, 4) is 28.3 Å². The predicted octanol–water partition coefficient (Wildman–Crippen LogP) is 4.17. The number of anilines is 2. The SMILES string of the molecule is CC(=N)/C(=N/Nc1cccc(-c2cccc(-c3nnn[nH]3)c2)c1O)C(=O)Nc1ccc2c(c1)CCC2. The average Bonchev–Trinajstić information content (AvgIpc) is 3.57. The zero-order chi connectivity index (χ0) is 25.1. The fourth-order valence-corrected chi connectivity index (χ4v) is 4.24. The van der Waals surface area contributed by atoms with Crippen molar-refractivity contribution in [2.45, 2.75) is 26.2 Å². The van der Waals surface area contributed by atoms with E-state index in [1.54, 1.807) is 18.2 Å². The lowest BCUT2D eigenvalue weighted by molar-refractivity contribution is -0.110. The normalized spacial score (nSPS) is 12.8. The van der Waals surface area contributed by atoms with Gasteiger partial charge in [-0.25, -0.2) is 5.10 Å². The lowest BCUT2D eigenvalue weighted by Gasteiger charge is -2.12. The number of tetrazole rings is 1. The highest BCUT2D eigenvalue weighted by Gasteiger charge is 2.18. The molecular weight excluding hydrogens is 456 g/mol. The molecule has 10 heteroatoms. The molecule has 0 fully saturated rings. The highest BCUT2D eigenvalue weighted by molar-refractivity contribution is 6.67. The second-order valence-corrected chi connectivity index (χ2v) is 8.52. The summed E-state index contributed by atoms with van der Waals surface area (Å²) in [7, 11) is 0. The fourth-order valence-electron chi connectivity index (χ4n) is 4.24. The van der Waals surface area contributed by atoms with Crippen molar-refractivity contribution < 1.29 is 9.90 Å². The minimum Gasteiger partial charge on any atom is -0.505 e. The third-order valence-corrected chi connectivity index (χ3v) is 6.04. The molecule has 0 atom stereocenters. The summed E-state index contributed by atoms with van der Waals surface area (Å²) in [5.74, 6) is -0.0391. The minimum absolute atomic E-state index is 0.00910. The van der Waals surface area contributed by atoms with Gasteiger partial charge in [0.2, 0.25) is 0 Å². The number of aromatic nitrogens is 4. The van der Waals surface area contributed by atoms with Gasteiger partial charge < -0.3 is 15.8 Å². The van der Waals surface area contributed by atoms with Crippen LogP contribution in [0, 0.1) is 5.41 Å². The van der Waals surface area contributed by atoms with Crippen molar-refractivity contribution in [1.82, 2.24) is 20.6 Å². The lowest BCUT2D eigenvalue weighted by Crippen LogP contribution is -2.29. The highest BCUT2D eigenvalue weighted by Crippen LogP contribution is 2.36. The van der Waals surface area contributed by atoms with E-state index in [9.17, 15) is 9.90 Å². The Bertz CT molecular complexity index is 1480. The molecule has 1 aliphatic carbocycles. The predicted molar refractivity (Wildman–Crippen MR) is 138 cm³/mol. The summed E-state index contributed by atoms with van der Waals surface area (Å²) >= 11 is 0. The number of para-hydroxylation sites is 1. The van der Waals surface area contributed by atoms with Crippen molar-refractivity contribution in [2.75, 3.05) is 10.7 Å². The van der Waals surface area contributed by atoms with Crippen LogP contribution in [0.2, 0.25) is 0 Å². The Kier molecular flexibility index (Phi) is 6.23. The van der Waals surface area contributed by atoms with Crippen LogP contribution >= 0.6 is 0 Å². The van der Waals surface area contributed by atoms with Gasteiger partial charge in [-0.1, -0.05) is 36.4 Å². The number of hydrazone groups is 1. The zero-order valence-corrected chi connectivity index (χ0v) is 19.5. The van der Waals surface area contributed by atoms with Gasteiger partial charge in [-0.2, -0.15) is 5.10 Å². The fraction of sp³-hybridized carbons (Fsp3) is 0.154. The van der Waals surface area contributed by atoms with Crippen LogP contribution in [0.4, 0.5) is 11.4 Å². The molecule has 0 bridgehead atoms. The number of rotatable bonds is 7. The van der Waals surface area contributed by atoms with E-state index in [0.717, 1.165) is 30.4 Å². The Morgan fingerprint density at radius 2 is 1.86 bits per heavy atom. The molecule has 1 aliphatic rings. The molecule has 10 nitrogen and oxygen atoms in total. The zero-order valence-electron chi connectivity index (χ0n) is 19.5. The number of phenols is 1. The molecule has 5 rings (SSSR count). The van der Waals surface area contributed by atoms with Crippen molar-refractivity contribution in [2.24, 2.45) is 5.10 Å². The first-order valence-corrected chi connectivity index (χ1v) is 11.5. The number of phenolic OH excluding ortho intramolecular Hbond substituents is 1. The molecule has 3 aromatic carbocycles. The molecule has 36 heavy (non-hydrogen) atoms. The van der Waals surface area contributed by atoms with Crippen LogP contribution in [0.25, 0.3) is 22.5 Å². The summed E-state index contributed by atoms with van der Waals surface area (Å²) in [6.07, 6.45) is 3.18. The number of carbonyl (C=O) groups is 1. The molecule has 4 aromatic rings. The van der Waals surface area contributed by atoms with E-state index in [4.69, 9.17) is 5.41 Å². The van der Waals surface area contributed by atoms with Gasteiger partial charge in [0.25, 0.3) is 5.91 Å². The third-order valence-electron chi connectivity index (χ3n) is 6.04. The van der Waals surface area contributed by atoms with Crippen LogP contribution in [0.15, 0.2) is 65.8 Å². The van der Waals surface area contributed by atoms with Gasteiger partial charge in [0.15, 0.2) is 11.5 Å². The van der Waals surface area contributed by atoms with Crippen LogP contribution in [0.1, 0.15) is 24.5 Å². The smallest absolute Gasteiger partial charge is 0.277 e. The van der Waals surface area contributed by atoms with Gasteiger partial charge in [0.1, 0.15) is 5.75 Å². The third kappa shape index (κ3) is 4.69. The average molecular weight is 481 g/mol. The molecule has 5 N–H and O–H groups in total. The van der Waals surface area contributed by atoms with E-state index in [1.165, 1.54) is 18.1 Å². The molecule has 1 heterocycles. The lowest BCUT2D eigenvalue weighted by atomic mass is 10.0. The Labute approximate surface area is 207 Å². The molecule has 0 unspecified atom stereocenters. The van der Waals surface area contributed by atoms with E-state index >= 15 is 0 Å². The first kappa shape index (κ1) is 22.9. The number of carbonyl (C=O) groups excluding carboxylic acids is 1. The summed E-state index contributed by atoms with van der Waals surface area (Å²) in [6, 6.07) is 18.4. The number of fused-ring (bicyclic) bond motifs is 1. The number of nitrogens with zero attached hydrogens (tertiary/aromatic N) is 4. The molecule has 180 valence electrons. The summed E-state index contributed by atoms with van der Waals surface area (Å²) in [6.45, 7) is 1.49. The number of amides is 1. The Morgan fingerprint density at radius 3 is 2.67 bits per heavy atom. The molecule has 1 amide bonds. The van der Waals surface area contributed by atoms with E-state index in [-0.39, 0.29) is 17.2 Å². The molecular formula is C26H24N8O2. The summed E-state index contributed by atoms with van der Waals surface area (Å²) in [5, 5.41) is 39.8. The topological polar surface area (TPSA) is 152 Å². The van der Waals surface area contributed by atoms with E-state index < -0.39 is 5.91 Å². The van der Waals surface area contributed by atoms with Gasteiger partial charge >= 0.3 is 0 Å². The Balaban J connectivity index is 1.37. The Morgan fingerprint density at radius 1 is 1.06 bits per heavy atom. The van der Waals surface area contributed by atoms with Crippen LogP contribution in [-0.2, 0) is 17.6 Å². The monoisotopic (exact) mass is 480 g/mol. The number of H-pyrrole nitrogens is 1. The molecule has 0 saturated heterocycles. The van der Waals surface area contributed by atoms with Crippen molar-refractivity contribution in [3.63, 3.8) is 0 Å². The molecule has 0 spiro atoms. The number of aryl methyl sites for hydroxylation is 2. The van der Waals surface area contributed by atoms with Crippen molar-refractivity contribution in [1.29, 1.82) is 5.41 Å². The number of hydrogen-bond donors (Lipinski definition) is 5. The van der Waals surface area contributed by atoms with E-state index in [1.807, 2.05) is 42.5 Å². The first-order chi connectivity index (χ1) is 17.5. The standard InChI is InChI=1S/C26H24N8O2/c1-15(27)23(26(36)28-20-12-11-16-5-2-6-17(16)14-20)30-29-22-10-4-9-21(24(22)35)18-7-3-8-19(13-18)25-31-33-34-32-25/h3-4,7-14,27,29,35H,2,5-6H2,1H3,(H,28,36)(H,31,32,33,34)/b27-15?,30-23-. The highest BCUT2D eigenvalue weighted by atomic mass is 16.3.